The van der Waals surface area contributed by atoms with Gasteiger partial charge < -0.3 is 14.8 Å². The molecular weight excluding hydrogens is 306 g/mol. The molecule has 2 fully saturated rings. The molecule has 0 unspecified atom stereocenters. The summed E-state index contributed by atoms with van der Waals surface area (Å²) in [5.41, 5.74) is -0.872. The molecule has 24 heavy (non-hydrogen) atoms. The first-order valence-electron chi connectivity index (χ1n) is 8.29. The molecule has 1 N–H and O–H groups in total. The minimum atomic E-state index is -0.660. The van der Waals surface area contributed by atoms with E-state index in [0.717, 1.165) is 12.8 Å². The van der Waals surface area contributed by atoms with Crippen LogP contribution in [0.3, 0.4) is 0 Å². The minimum Gasteiger partial charge on any atom is -0.497 e. The van der Waals surface area contributed by atoms with Gasteiger partial charge in [-0.15, -0.1) is 0 Å². The fraction of sp³-hybridized carbons (Fsp3) is 0.579. The summed E-state index contributed by atoms with van der Waals surface area (Å²) in [5.74, 6) is 1.31. The largest absolute Gasteiger partial charge is 0.497 e. The van der Waals surface area contributed by atoms with Gasteiger partial charge in [0, 0.05) is 17.9 Å². The van der Waals surface area contributed by atoms with Crippen molar-refractivity contribution >= 4 is 17.4 Å². The van der Waals surface area contributed by atoms with Crippen molar-refractivity contribution < 1.29 is 19.1 Å². The first kappa shape index (κ1) is 16.8. The average Bonchev–Trinajstić information content (AvgIpc) is 2.85. The summed E-state index contributed by atoms with van der Waals surface area (Å²) in [6.07, 6.45) is 1.82. The molecule has 0 radical (unpaired) electrons. The number of anilines is 1. The van der Waals surface area contributed by atoms with Gasteiger partial charge in [0.1, 0.15) is 17.3 Å². The highest BCUT2D eigenvalue weighted by atomic mass is 16.5. The van der Waals surface area contributed by atoms with Gasteiger partial charge in [-0.2, -0.15) is 0 Å². The molecule has 0 spiro atoms. The van der Waals surface area contributed by atoms with Crippen LogP contribution in [0.25, 0.3) is 0 Å². The van der Waals surface area contributed by atoms with Crippen LogP contribution in [-0.4, -0.2) is 25.9 Å². The van der Waals surface area contributed by atoms with Crippen molar-refractivity contribution in [1.82, 2.24) is 0 Å². The standard InChI is InChI=1S/C19H25NO4/c1-17(2)18(3)8-9-19(17,11-15(18)21)16(22)20-13-10-12(23-4)6-7-14(13)24-5/h6-7,10H,8-9,11H2,1-5H3,(H,20,22)/t18-,19+/m1/s1. The second-order valence-corrected chi connectivity index (χ2v) is 7.66. The highest BCUT2D eigenvalue weighted by Gasteiger charge is 2.72. The first-order valence-corrected chi connectivity index (χ1v) is 8.29. The van der Waals surface area contributed by atoms with Crippen LogP contribution >= 0.6 is 0 Å². The maximum atomic E-state index is 13.2. The number of benzene rings is 1. The van der Waals surface area contributed by atoms with Crippen LogP contribution in [0.15, 0.2) is 18.2 Å². The van der Waals surface area contributed by atoms with Gasteiger partial charge in [-0.1, -0.05) is 20.8 Å². The normalized spacial score (nSPS) is 30.3. The third-order valence-corrected chi connectivity index (χ3v) is 6.79. The van der Waals surface area contributed by atoms with Crippen molar-refractivity contribution in [2.75, 3.05) is 19.5 Å². The topological polar surface area (TPSA) is 64.6 Å². The number of rotatable bonds is 4. The third kappa shape index (κ3) is 1.93. The van der Waals surface area contributed by atoms with Crippen LogP contribution in [0.1, 0.15) is 40.0 Å². The van der Waals surface area contributed by atoms with Gasteiger partial charge in [-0.05, 0) is 30.4 Å². The summed E-state index contributed by atoms with van der Waals surface area (Å²) < 4.78 is 10.6. The fourth-order valence-electron chi connectivity index (χ4n) is 4.51. The predicted octanol–water partition coefficient (Wildman–Crippen LogP) is 3.43. The lowest BCUT2D eigenvalue weighted by molar-refractivity contribution is -0.131. The van der Waals surface area contributed by atoms with E-state index >= 15 is 0 Å². The zero-order valence-corrected chi connectivity index (χ0v) is 15.0. The van der Waals surface area contributed by atoms with Gasteiger partial charge in [0.05, 0.1) is 25.3 Å². The second kappa shape index (κ2) is 5.23. The van der Waals surface area contributed by atoms with E-state index in [-0.39, 0.29) is 17.1 Å². The molecule has 0 aliphatic heterocycles. The molecule has 1 aromatic carbocycles. The molecule has 3 rings (SSSR count). The molecule has 0 aromatic heterocycles. The summed E-state index contributed by atoms with van der Waals surface area (Å²) >= 11 is 0. The Morgan fingerprint density at radius 1 is 1.12 bits per heavy atom. The molecule has 2 aliphatic carbocycles. The van der Waals surface area contributed by atoms with Gasteiger partial charge >= 0.3 is 0 Å². The number of methoxy groups -OCH3 is 2. The van der Waals surface area contributed by atoms with Gasteiger partial charge in [0.25, 0.3) is 0 Å². The van der Waals surface area contributed by atoms with Crippen molar-refractivity contribution in [3.05, 3.63) is 18.2 Å². The van der Waals surface area contributed by atoms with Crippen LogP contribution in [0, 0.1) is 16.2 Å². The summed E-state index contributed by atoms with van der Waals surface area (Å²) in [4.78, 5) is 25.7. The van der Waals surface area contributed by atoms with E-state index in [1.165, 1.54) is 0 Å². The molecule has 1 amide bonds. The average molecular weight is 331 g/mol. The van der Waals surface area contributed by atoms with Crippen LogP contribution in [0.2, 0.25) is 0 Å². The highest BCUT2D eigenvalue weighted by molar-refractivity contribution is 6.05. The second-order valence-electron chi connectivity index (χ2n) is 7.66. The van der Waals surface area contributed by atoms with E-state index in [9.17, 15) is 9.59 Å². The lowest BCUT2D eigenvalue weighted by Crippen LogP contribution is -2.43. The minimum absolute atomic E-state index is 0.103. The number of ether oxygens (including phenoxy) is 2. The molecule has 2 aliphatic rings. The number of ketones is 1. The van der Waals surface area contributed by atoms with Crippen molar-refractivity contribution in [1.29, 1.82) is 0 Å². The number of nitrogens with one attached hydrogen (secondary N) is 1. The molecule has 1 aromatic rings. The zero-order valence-electron chi connectivity index (χ0n) is 15.0. The van der Waals surface area contributed by atoms with Gasteiger partial charge in [-0.25, -0.2) is 0 Å². The van der Waals surface area contributed by atoms with E-state index in [4.69, 9.17) is 9.47 Å². The number of amides is 1. The molecule has 5 heteroatoms. The van der Waals surface area contributed by atoms with E-state index < -0.39 is 10.8 Å². The molecule has 5 nitrogen and oxygen atoms in total. The van der Waals surface area contributed by atoms with E-state index in [2.05, 4.69) is 5.32 Å². The molecule has 130 valence electrons. The molecule has 0 saturated heterocycles. The third-order valence-electron chi connectivity index (χ3n) is 6.79. The molecule has 2 atom stereocenters. The van der Waals surface area contributed by atoms with Crippen molar-refractivity contribution in [2.45, 2.75) is 40.0 Å². The lowest BCUT2D eigenvalue weighted by Gasteiger charge is -2.38. The number of fused-ring (bicyclic) bond motifs is 2. The van der Waals surface area contributed by atoms with Crippen LogP contribution in [-0.2, 0) is 9.59 Å². The summed E-state index contributed by atoms with van der Waals surface area (Å²) in [6, 6.07) is 5.28. The Hall–Kier alpha value is -2.04. The highest BCUT2D eigenvalue weighted by Crippen LogP contribution is 2.70. The predicted molar refractivity (Wildman–Crippen MR) is 91.4 cm³/mol. The Kier molecular flexibility index (Phi) is 3.66. The number of carbonyl (C=O) groups excluding carboxylic acids is 2. The van der Waals surface area contributed by atoms with Crippen molar-refractivity contribution in [3.63, 3.8) is 0 Å². The molecule has 2 saturated carbocycles. The smallest absolute Gasteiger partial charge is 0.231 e. The Morgan fingerprint density at radius 2 is 1.83 bits per heavy atom. The van der Waals surface area contributed by atoms with Gasteiger partial charge in [0.2, 0.25) is 5.91 Å². The Labute approximate surface area is 142 Å². The van der Waals surface area contributed by atoms with E-state index in [0.29, 0.717) is 23.6 Å². The van der Waals surface area contributed by atoms with Crippen molar-refractivity contribution in [2.24, 2.45) is 16.2 Å². The number of carbonyl (C=O) groups is 2. The summed E-state index contributed by atoms with van der Waals surface area (Å²) in [7, 11) is 3.14. The molecule has 0 heterocycles. The first-order chi connectivity index (χ1) is 11.2. The number of hydrogen-bond acceptors (Lipinski definition) is 4. The maximum absolute atomic E-state index is 13.2. The van der Waals surface area contributed by atoms with Crippen molar-refractivity contribution in [3.8, 4) is 11.5 Å². The SMILES string of the molecule is COc1ccc(OC)c(NC(=O)[C@]23CC[C@](C)(C(=O)C2)C3(C)C)c1. The molecular formula is C19H25NO4. The van der Waals surface area contributed by atoms with Gasteiger partial charge in [0.15, 0.2) is 0 Å². The summed E-state index contributed by atoms with van der Waals surface area (Å²) in [5, 5.41) is 2.99. The number of Topliss-reactive ketones (excluding diaryl/α,β-unsaturated/α-hetero) is 1. The van der Waals surface area contributed by atoms with E-state index in [1.54, 1.807) is 32.4 Å². The quantitative estimate of drug-likeness (QED) is 0.918. The Balaban J connectivity index is 1.95. The Bertz CT molecular complexity index is 711. The monoisotopic (exact) mass is 331 g/mol. The van der Waals surface area contributed by atoms with Crippen LogP contribution < -0.4 is 14.8 Å². The fourth-order valence-corrected chi connectivity index (χ4v) is 4.51. The van der Waals surface area contributed by atoms with Crippen LogP contribution in [0.4, 0.5) is 5.69 Å². The number of hydrogen-bond donors (Lipinski definition) is 1. The van der Waals surface area contributed by atoms with E-state index in [1.807, 2.05) is 20.8 Å². The van der Waals surface area contributed by atoms with Gasteiger partial charge in [-0.3, -0.25) is 9.59 Å². The summed E-state index contributed by atoms with van der Waals surface area (Å²) in [6.45, 7) is 6.10. The maximum Gasteiger partial charge on any atom is 0.231 e. The van der Waals surface area contributed by atoms with Crippen LogP contribution in [0.5, 0.6) is 11.5 Å². The zero-order chi connectivity index (χ0) is 17.8. The molecule has 2 bridgehead atoms. The lowest BCUT2D eigenvalue weighted by atomic mass is 9.64. The Morgan fingerprint density at radius 3 is 2.33 bits per heavy atom.